The Morgan fingerprint density at radius 2 is 2.07 bits per heavy atom. The molecule has 1 aliphatic heterocycles. The van der Waals surface area contributed by atoms with Crippen LogP contribution >= 0.6 is 0 Å². The third-order valence-corrected chi connectivity index (χ3v) is 2.69. The number of nitrogens with one attached hydrogen (secondary N) is 2. The zero-order valence-corrected chi connectivity index (χ0v) is 9.93. The maximum atomic E-state index is 11.9. The molecule has 0 saturated carbocycles. The van der Waals surface area contributed by atoms with Gasteiger partial charge in [-0.3, -0.25) is 10.1 Å². The predicted molar refractivity (Wildman–Crippen MR) is 59.7 cm³/mol. The average Bonchev–Trinajstić information content (AvgIpc) is 2.18. The van der Waals surface area contributed by atoms with E-state index < -0.39 is 5.54 Å². The lowest BCUT2D eigenvalue weighted by Crippen LogP contribution is -2.60. The highest BCUT2D eigenvalue weighted by Gasteiger charge is 2.40. The van der Waals surface area contributed by atoms with Crippen molar-refractivity contribution >= 4 is 5.97 Å². The molecule has 0 aromatic carbocycles. The maximum absolute atomic E-state index is 11.9. The van der Waals surface area contributed by atoms with Gasteiger partial charge in [-0.2, -0.15) is 0 Å². The SMILES string of the molecule is CCOC(=O)C1(NC(C)C)CCNCC1. The van der Waals surface area contributed by atoms with Gasteiger partial charge < -0.3 is 10.1 Å². The van der Waals surface area contributed by atoms with Crippen molar-refractivity contribution in [3.8, 4) is 0 Å². The van der Waals surface area contributed by atoms with Crippen LogP contribution in [-0.4, -0.2) is 37.2 Å². The largest absolute Gasteiger partial charge is 0.465 e. The first kappa shape index (κ1) is 12.5. The van der Waals surface area contributed by atoms with E-state index in [0.29, 0.717) is 12.6 Å². The van der Waals surface area contributed by atoms with Gasteiger partial charge in [0.1, 0.15) is 5.54 Å². The summed E-state index contributed by atoms with van der Waals surface area (Å²) in [5.41, 5.74) is -0.463. The topological polar surface area (TPSA) is 50.4 Å². The summed E-state index contributed by atoms with van der Waals surface area (Å²) in [4.78, 5) is 11.9. The van der Waals surface area contributed by atoms with Crippen LogP contribution in [0.2, 0.25) is 0 Å². The molecule has 1 fully saturated rings. The number of hydrogen-bond acceptors (Lipinski definition) is 4. The molecule has 2 N–H and O–H groups in total. The van der Waals surface area contributed by atoms with E-state index in [2.05, 4.69) is 24.5 Å². The number of piperidine rings is 1. The van der Waals surface area contributed by atoms with Crippen molar-refractivity contribution in [3.63, 3.8) is 0 Å². The highest BCUT2D eigenvalue weighted by Crippen LogP contribution is 2.21. The summed E-state index contributed by atoms with van der Waals surface area (Å²) in [6, 6.07) is 0.299. The fraction of sp³-hybridized carbons (Fsp3) is 0.909. The maximum Gasteiger partial charge on any atom is 0.326 e. The van der Waals surface area contributed by atoms with Gasteiger partial charge in [0.25, 0.3) is 0 Å². The van der Waals surface area contributed by atoms with Gasteiger partial charge in [0.2, 0.25) is 0 Å². The molecule has 0 bridgehead atoms. The van der Waals surface area contributed by atoms with Crippen LogP contribution in [0.15, 0.2) is 0 Å². The molecule has 0 radical (unpaired) electrons. The summed E-state index contributed by atoms with van der Waals surface area (Å²) in [6.07, 6.45) is 1.62. The fourth-order valence-corrected chi connectivity index (χ4v) is 2.08. The molecule has 4 nitrogen and oxygen atoms in total. The summed E-state index contributed by atoms with van der Waals surface area (Å²) in [7, 11) is 0. The Bertz CT molecular complexity index is 211. The smallest absolute Gasteiger partial charge is 0.326 e. The lowest BCUT2D eigenvalue weighted by Gasteiger charge is -2.37. The van der Waals surface area contributed by atoms with E-state index in [4.69, 9.17) is 4.74 Å². The molecule has 1 aliphatic rings. The highest BCUT2D eigenvalue weighted by molar-refractivity contribution is 5.81. The zero-order chi connectivity index (χ0) is 11.3. The van der Waals surface area contributed by atoms with Gasteiger partial charge in [-0.15, -0.1) is 0 Å². The second kappa shape index (κ2) is 5.47. The van der Waals surface area contributed by atoms with Crippen molar-refractivity contribution in [2.24, 2.45) is 0 Å². The molecule has 1 rings (SSSR count). The van der Waals surface area contributed by atoms with Crippen LogP contribution in [0.25, 0.3) is 0 Å². The molecule has 0 aromatic heterocycles. The van der Waals surface area contributed by atoms with Gasteiger partial charge in [-0.25, -0.2) is 0 Å². The molecule has 0 spiro atoms. The standard InChI is InChI=1S/C11H22N2O2/c1-4-15-10(14)11(13-9(2)3)5-7-12-8-6-11/h9,12-13H,4-8H2,1-3H3. The molecule has 1 saturated heterocycles. The molecule has 4 heteroatoms. The molecule has 0 atom stereocenters. The number of hydrogen-bond donors (Lipinski definition) is 2. The normalized spacial score (nSPS) is 20.3. The van der Waals surface area contributed by atoms with E-state index in [1.807, 2.05) is 6.92 Å². The van der Waals surface area contributed by atoms with Crippen molar-refractivity contribution in [2.75, 3.05) is 19.7 Å². The van der Waals surface area contributed by atoms with E-state index >= 15 is 0 Å². The van der Waals surface area contributed by atoms with E-state index in [1.165, 1.54) is 0 Å². The number of rotatable bonds is 4. The van der Waals surface area contributed by atoms with E-state index in [9.17, 15) is 4.79 Å². The monoisotopic (exact) mass is 214 g/mol. The van der Waals surface area contributed by atoms with Gasteiger partial charge in [0, 0.05) is 6.04 Å². The summed E-state index contributed by atoms with van der Waals surface area (Å²) >= 11 is 0. The second-order valence-corrected chi connectivity index (χ2v) is 4.35. The Kier molecular flexibility index (Phi) is 4.54. The Hall–Kier alpha value is -0.610. The lowest BCUT2D eigenvalue weighted by atomic mass is 9.87. The van der Waals surface area contributed by atoms with Crippen LogP contribution in [0.3, 0.4) is 0 Å². The minimum atomic E-state index is -0.463. The Labute approximate surface area is 91.8 Å². The molecular weight excluding hydrogens is 192 g/mol. The quantitative estimate of drug-likeness (QED) is 0.675. The first-order valence-corrected chi connectivity index (χ1v) is 5.76. The zero-order valence-electron chi connectivity index (χ0n) is 9.93. The van der Waals surface area contributed by atoms with Crippen LogP contribution in [0.1, 0.15) is 33.6 Å². The first-order valence-electron chi connectivity index (χ1n) is 5.76. The van der Waals surface area contributed by atoms with Crippen molar-refractivity contribution < 1.29 is 9.53 Å². The fourth-order valence-electron chi connectivity index (χ4n) is 2.08. The number of ether oxygens (including phenoxy) is 1. The molecule has 1 heterocycles. The average molecular weight is 214 g/mol. The minimum absolute atomic E-state index is 0.0970. The van der Waals surface area contributed by atoms with Crippen molar-refractivity contribution in [1.29, 1.82) is 0 Å². The third kappa shape index (κ3) is 3.18. The van der Waals surface area contributed by atoms with Crippen LogP contribution < -0.4 is 10.6 Å². The molecule has 0 amide bonds. The molecular formula is C11H22N2O2. The summed E-state index contributed by atoms with van der Waals surface area (Å²) in [6.45, 7) is 8.17. The summed E-state index contributed by atoms with van der Waals surface area (Å²) in [5, 5.41) is 6.63. The van der Waals surface area contributed by atoms with E-state index in [1.54, 1.807) is 0 Å². The Morgan fingerprint density at radius 1 is 1.47 bits per heavy atom. The highest BCUT2D eigenvalue weighted by atomic mass is 16.5. The van der Waals surface area contributed by atoms with Crippen molar-refractivity contribution in [3.05, 3.63) is 0 Å². The van der Waals surface area contributed by atoms with Crippen LogP contribution in [0.5, 0.6) is 0 Å². The van der Waals surface area contributed by atoms with Gasteiger partial charge >= 0.3 is 5.97 Å². The number of esters is 1. The van der Waals surface area contributed by atoms with Gasteiger partial charge in [-0.1, -0.05) is 0 Å². The van der Waals surface area contributed by atoms with Crippen LogP contribution in [0, 0.1) is 0 Å². The van der Waals surface area contributed by atoms with Gasteiger partial charge in [0.05, 0.1) is 6.61 Å². The second-order valence-electron chi connectivity index (χ2n) is 4.35. The lowest BCUT2D eigenvalue weighted by molar-refractivity contribution is -0.152. The predicted octanol–water partition coefficient (Wildman–Crippen LogP) is 0.670. The summed E-state index contributed by atoms with van der Waals surface area (Å²) < 4.78 is 5.16. The molecule has 88 valence electrons. The molecule has 0 aliphatic carbocycles. The first-order chi connectivity index (χ1) is 7.10. The van der Waals surface area contributed by atoms with Gasteiger partial charge in [0.15, 0.2) is 0 Å². The third-order valence-electron chi connectivity index (χ3n) is 2.69. The van der Waals surface area contributed by atoms with Crippen molar-refractivity contribution in [1.82, 2.24) is 10.6 Å². The van der Waals surface area contributed by atoms with Crippen molar-refractivity contribution in [2.45, 2.75) is 45.2 Å². The van der Waals surface area contributed by atoms with Gasteiger partial charge in [-0.05, 0) is 46.7 Å². The summed E-state index contributed by atoms with van der Waals surface area (Å²) in [5.74, 6) is -0.0970. The Morgan fingerprint density at radius 3 is 2.53 bits per heavy atom. The molecule has 0 unspecified atom stereocenters. The number of carbonyl (C=O) groups is 1. The Balaban J connectivity index is 2.69. The molecule has 0 aromatic rings. The van der Waals surface area contributed by atoms with E-state index in [0.717, 1.165) is 25.9 Å². The van der Waals surface area contributed by atoms with E-state index in [-0.39, 0.29) is 5.97 Å². The minimum Gasteiger partial charge on any atom is -0.465 e. The van der Waals surface area contributed by atoms with Crippen LogP contribution in [-0.2, 0) is 9.53 Å². The number of carbonyl (C=O) groups excluding carboxylic acids is 1. The molecule has 15 heavy (non-hydrogen) atoms. The van der Waals surface area contributed by atoms with Crippen LogP contribution in [0.4, 0.5) is 0 Å².